The minimum Gasteiger partial charge on any atom is -0.348 e. The van der Waals surface area contributed by atoms with Crippen molar-refractivity contribution in [3.8, 4) is 0 Å². The molecule has 4 nitrogen and oxygen atoms in total. The van der Waals surface area contributed by atoms with Gasteiger partial charge in [-0.1, -0.05) is 42.5 Å². The molecule has 0 aliphatic heterocycles. The first-order valence-corrected chi connectivity index (χ1v) is 10.2. The number of hydrogen-bond donors (Lipinski definition) is 1. The number of fused-ring (bicyclic) bond motifs is 1. The quantitative estimate of drug-likeness (QED) is 0.480. The van der Waals surface area contributed by atoms with E-state index in [-0.39, 0.29) is 5.91 Å². The van der Waals surface area contributed by atoms with Gasteiger partial charge in [-0.2, -0.15) is 0 Å². The Kier molecular flexibility index (Phi) is 5.44. The van der Waals surface area contributed by atoms with E-state index in [9.17, 15) is 4.79 Å². The second-order valence-corrected chi connectivity index (χ2v) is 7.61. The number of rotatable bonds is 6. The molecule has 0 atom stereocenters. The van der Waals surface area contributed by atoms with E-state index in [1.54, 1.807) is 11.8 Å². The third-order valence-corrected chi connectivity index (χ3v) is 5.73. The van der Waals surface area contributed by atoms with Crippen molar-refractivity contribution in [2.75, 3.05) is 0 Å². The lowest BCUT2D eigenvalue weighted by molar-refractivity contribution is 0.0948. The number of nitrogens with zero attached hydrogens (tertiary/aromatic N) is 2. The summed E-state index contributed by atoms with van der Waals surface area (Å²) in [5, 5.41) is 3.04. The van der Waals surface area contributed by atoms with Crippen LogP contribution in [0.15, 0.2) is 84.0 Å². The number of nitrogens with one attached hydrogen (secondary N) is 1. The van der Waals surface area contributed by atoms with E-state index < -0.39 is 0 Å². The lowest BCUT2D eigenvalue weighted by Crippen LogP contribution is -2.23. The number of benzene rings is 2. The number of imidazole rings is 1. The summed E-state index contributed by atoms with van der Waals surface area (Å²) in [5.74, 6) is 0.658. The Morgan fingerprint density at radius 3 is 2.68 bits per heavy atom. The Labute approximate surface area is 168 Å². The molecule has 2 aromatic carbocycles. The van der Waals surface area contributed by atoms with E-state index in [1.165, 1.54) is 5.56 Å². The van der Waals surface area contributed by atoms with E-state index >= 15 is 0 Å². The highest BCUT2D eigenvalue weighted by Gasteiger charge is 2.12. The maximum Gasteiger partial charge on any atom is 0.252 e. The van der Waals surface area contributed by atoms with Crippen molar-refractivity contribution in [1.82, 2.24) is 14.7 Å². The van der Waals surface area contributed by atoms with E-state index in [2.05, 4.69) is 23.3 Å². The van der Waals surface area contributed by atoms with Crippen LogP contribution in [0.3, 0.4) is 0 Å². The molecule has 0 radical (unpaired) electrons. The maximum atomic E-state index is 12.8. The second kappa shape index (κ2) is 8.31. The van der Waals surface area contributed by atoms with Crippen molar-refractivity contribution >= 4 is 23.3 Å². The van der Waals surface area contributed by atoms with Gasteiger partial charge in [0.1, 0.15) is 5.65 Å². The average molecular weight is 388 g/mol. The summed E-state index contributed by atoms with van der Waals surface area (Å²) < 4.78 is 2.01. The lowest BCUT2D eigenvalue weighted by atomic mass is 10.1. The minimum absolute atomic E-state index is 0.0543. The van der Waals surface area contributed by atoms with Crippen molar-refractivity contribution in [2.45, 2.75) is 24.1 Å². The van der Waals surface area contributed by atoms with Crippen LogP contribution in [-0.2, 0) is 12.3 Å². The first kappa shape index (κ1) is 18.3. The van der Waals surface area contributed by atoms with Gasteiger partial charge < -0.3 is 9.72 Å². The zero-order valence-corrected chi connectivity index (χ0v) is 16.4. The highest BCUT2D eigenvalue weighted by molar-refractivity contribution is 7.98. The number of aryl methyl sites for hydroxylation is 1. The van der Waals surface area contributed by atoms with Gasteiger partial charge in [-0.05, 0) is 42.3 Å². The van der Waals surface area contributed by atoms with Crippen LogP contribution < -0.4 is 5.32 Å². The number of hydrogen-bond acceptors (Lipinski definition) is 3. The topological polar surface area (TPSA) is 46.4 Å². The van der Waals surface area contributed by atoms with Crippen LogP contribution >= 0.6 is 11.8 Å². The molecule has 140 valence electrons. The van der Waals surface area contributed by atoms with Crippen LogP contribution in [-0.4, -0.2) is 15.3 Å². The fourth-order valence-electron chi connectivity index (χ4n) is 3.07. The van der Waals surface area contributed by atoms with Crippen LogP contribution in [0, 0.1) is 6.92 Å². The summed E-state index contributed by atoms with van der Waals surface area (Å²) in [6.45, 7) is 2.58. The SMILES string of the molecule is Cc1ccccc1CNC(=O)c1ccccc1SCc1cn2ccccc2n1. The fourth-order valence-corrected chi connectivity index (χ4v) is 4.00. The zero-order chi connectivity index (χ0) is 19.3. The molecule has 0 spiro atoms. The number of amides is 1. The predicted molar refractivity (Wildman–Crippen MR) is 114 cm³/mol. The highest BCUT2D eigenvalue weighted by atomic mass is 32.2. The van der Waals surface area contributed by atoms with Gasteiger partial charge in [-0.3, -0.25) is 4.79 Å². The molecule has 5 heteroatoms. The molecular weight excluding hydrogens is 366 g/mol. The van der Waals surface area contributed by atoms with Crippen LogP contribution in [0.4, 0.5) is 0 Å². The van der Waals surface area contributed by atoms with Gasteiger partial charge in [-0.15, -0.1) is 11.8 Å². The molecule has 2 heterocycles. The smallest absolute Gasteiger partial charge is 0.252 e. The molecule has 1 N–H and O–H groups in total. The lowest BCUT2D eigenvalue weighted by Gasteiger charge is -2.11. The molecule has 0 aliphatic carbocycles. The molecule has 1 amide bonds. The summed E-state index contributed by atoms with van der Waals surface area (Å²) in [7, 11) is 0. The molecule has 28 heavy (non-hydrogen) atoms. The van der Waals surface area contributed by atoms with Crippen LogP contribution in [0.2, 0.25) is 0 Å². The average Bonchev–Trinajstić information content (AvgIpc) is 3.15. The Balaban J connectivity index is 1.45. The Morgan fingerprint density at radius 2 is 1.82 bits per heavy atom. The molecular formula is C23H21N3OS. The summed E-state index contributed by atoms with van der Waals surface area (Å²) >= 11 is 1.63. The maximum absolute atomic E-state index is 12.8. The Bertz CT molecular complexity index is 1090. The summed E-state index contributed by atoms with van der Waals surface area (Å²) in [5.41, 5.74) is 4.93. The Morgan fingerprint density at radius 1 is 1.04 bits per heavy atom. The van der Waals surface area contributed by atoms with E-state index in [1.807, 2.05) is 77.5 Å². The third-order valence-electron chi connectivity index (χ3n) is 4.62. The molecule has 0 saturated heterocycles. The number of pyridine rings is 1. The first-order chi connectivity index (χ1) is 13.7. The predicted octanol–water partition coefficient (Wildman–Crippen LogP) is 4.87. The van der Waals surface area contributed by atoms with Crippen molar-refractivity contribution in [3.63, 3.8) is 0 Å². The highest BCUT2D eigenvalue weighted by Crippen LogP contribution is 2.26. The van der Waals surface area contributed by atoms with E-state index in [0.29, 0.717) is 17.9 Å². The molecule has 0 bridgehead atoms. The van der Waals surface area contributed by atoms with E-state index in [0.717, 1.165) is 21.8 Å². The summed E-state index contributed by atoms with van der Waals surface area (Å²) in [6, 6.07) is 21.8. The van der Waals surface area contributed by atoms with Gasteiger partial charge in [0.15, 0.2) is 0 Å². The summed E-state index contributed by atoms with van der Waals surface area (Å²) in [6.07, 6.45) is 4.02. The monoisotopic (exact) mass is 387 g/mol. The number of thioether (sulfide) groups is 1. The molecule has 0 unspecified atom stereocenters. The molecule has 4 aromatic rings. The standard InChI is InChI=1S/C23H21N3OS/c1-17-8-2-3-9-18(17)14-24-23(27)20-10-4-5-11-21(20)28-16-19-15-26-13-7-6-12-22(26)25-19/h2-13,15H,14,16H2,1H3,(H,24,27). The first-order valence-electron chi connectivity index (χ1n) is 9.18. The normalized spacial score (nSPS) is 10.9. The largest absolute Gasteiger partial charge is 0.348 e. The number of carbonyl (C=O) groups is 1. The second-order valence-electron chi connectivity index (χ2n) is 6.59. The van der Waals surface area contributed by atoms with Crippen molar-refractivity contribution < 1.29 is 4.79 Å². The number of carbonyl (C=O) groups excluding carboxylic acids is 1. The Hall–Kier alpha value is -3.05. The van der Waals surface area contributed by atoms with Gasteiger partial charge >= 0.3 is 0 Å². The van der Waals surface area contributed by atoms with Gasteiger partial charge in [0.25, 0.3) is 5.91 Å². The molecule has 0 saturated carbocycles. The third kappa shape index (κ3) is 4.10. The van der Waals surface area contributed by atoms with Gasteiger partial charge in [0.05, 0.1) is 11.3 Å². The molecule has 4 rings (SSSR count). The zero-order valence-electron chi connectivity index (χ0n) is 15.6. The van der Waals surface area contributed by atoms with Gasteiger partial charge in [0.2, 0.25) is 0 Å². The van der Waals surface area contributed by atoms with Crippen LogP contribution in [0.25, 0.3) is 5.65 Å². The fraction of sp³-hybridized carbons (Fsp3) is 0.130. The molecule has 2 aromatic heterocycles. The van der Waals surface area contributed by atoms with Gasteiger partial charge in [0, 0.05) is 29.6 Å². The van der Waals surface area contributed by atoms with Gasteiger partial charge in [-0.25, -0.2) is 4.98 Å². The van der Waals surface area contributed by atoms with Crippen LogP contribution in [0.5, 0.6) is 0 Å². The minimum atomic E-state index is -0.0543. The van der Waals surface area contributed by atoms with Crippen molar-refractivity contribution in [1.29, 1.82) is 0 Å². The van der Waals surface area contributed by atoms with Crippen molar-refractivity contribution in [3.05, 3.63) is 102 Å². The summed E-state index contributed by atoms with van der Waals surface area (Å²) in [4.78, 5) is 18.3. The van der Waals surface area contributed by atoms with E-state index in [4.69, 9.17) is 0 Å². The molecule has 0 fully saturated rings. The van der Waals surface area contributed by atoms with Crippen LogP contribution in [0.1, 0.15) is 27.2 Å². The van der Waals surface area contributed by atoms with Crippen molar-refractivity contribution in [2.24, 2.45) is 0 Å². The number of aromatic nitrogens is 2. The molecule has 0 aliphatic rings.